The zero-order valence-electron chi connectivity index (χ0n) is 12.5. The van der Waals surface area contributed by atoms with Crippen LogP contribution in [0.5, 0.6) is 0 Å². The van der Waals surface area contributed by atoms with Crippen molar-refractivity contribution < 1.29 is 19.5 Å². The molecule has 2 rings (SSSR count). The lowest BCUT2D eigenvalue weighted by Crippen LogP contribution is -2.47. The number of carbonyl (C=O) groups excluding carboxylic acids is 2. The van der Waals surface area contributed by atoms with Gasteiger partial charge < -0.3 is 5.11 Å². The van der Waals surface area contributed by atoms with E-state index in [4.69, 9.17) is 0 Å². The predicted molar refractivity (Wildman–Crippen MR) is 79.9 cm³/mol. The van der Waals surface area contributed by atoms with Crippen molar-refractivity contribution in [3.63, 3.8) is 0 Å². The first kappa shape index (κ1) is 16.0. The highest BCUT2D eigenvalue weighted by atomic mass is 16.4. The van der Waals surface area contributed by atoms with E-state index in [1.54, 1.807) is 24.3 Å². The average molecular weight is 304 g/mol. The van der Waals surface area contributed by atoms with Crippen LogP contribution < -0.4 is 10.9 Å². The van der Waals surface area contributed by atoms with E-state index in [0.29, 0.717) is 18.4 Å². The average Bonchev–Trinajstić information content (AvgIpc) is 2.53. The van der Waals surface area contributed by atoms with Gasteiger partial charge in [-0.15, -0.1) is 0 Å². The van der Waals surface area contributed by atoms with Crippen molar-refractivity contribution in [1.82, 2.24) is 10.9 Å². The van der Waals surface area contributed by atoms with Gasteiger partial charge in [0.2, 0.25) is 5.91 Å². The molecule has 1 aromatic rings. The number of hydrazine groups is 1. The molecule has 1 fully saturated rings. The summed E-state index contributed by atoms with van der Waals surface area (Å²) in [6.07, 6.45) is 2.67. The van der Waals surface area contributed by atoms with Gasteiger partial charge in [0.25, 0.3) is 5.91 Å². The molecular formula is C16H20N2O4. The van der Waals surface area contributed by atoms with Gasteiger partial charge in [0, 0.05) is 5.56 Å². The van der Waals surface area contributed by atoms with Crippen LogP contribution in [0.4, 0.5) is 0 Å². The number of amides is 2. The third kappa shape index (κ3) is 3.84. The maximum atomic E-state index is 12.1. The van der Waals surface area contributed by atoms with Crippen molar-refractivity contribution in [2.75, 3.05) is 0 Å². The highest BCUT2D eigenvalue weighted by molar-refractivity contribution is 5.96. The lowest BCUT2D eigenvalue weighted by atomic mass is 9.79. The second kappa shape index (κ2) is 7.06. The summed E-state index contributed by atoms with van der Waals surface area (Å²) < 4.78 is 0. The molecule has 0 unspecified atom stereocenters. The summed E-state index contributed by atoms with van der Waals surface area (Å²) in [4.78, 5) is 35.2. The fourth-order valence-corrected chi connectivity index (χ4v) is 2.73. The van der Waals surface area contributed by atoms with Gasteiger partial charge in [0.15, 0.2) is 0 Å². The van der Waals surface area contributed by atoms with Crippen LogP contribution >= 0.6 is 0 Å². The Kier molecular flexibility index (Phi) is 5.14. The standard InChI is InChI=1S/C16H20N2O4/c1-10-6-8-11(9-7-10)14(19)17-18-15(20)12-4-2-3-5-13(12)16(21)22/h6-9,12-13H,2-5H2,1H3,(H,17,19)(H,18,20)(H,21,22)/t12-,13+/m0/s1. The van der Waals surface area contributed by atoms with Gasteiger partial charge in [-0.25, -0.2) is 0 Å². The first-order valence-electron chi connectivity index (χ1n) is 7.38. The normalized spacial score (nSPS) is 21.0. The lowest BCUT2D eigenvalue weighted by Gasteiger charge is -2.27. The van der Waals surface area contributed by atoms with Crippen LogP contribution in [0.15, 0.2) is 24.3 Å². The summed E-state index contributed by atoms with van der Waals surface area (Å²) in [5.41, 5.74) is 6.16. The zero-order valence-corrected chi connectivity index (χ0v) is 12.5. The van der Waals surface area contributed by atoms with E-state index in [-0.39, 0.29) is 0 Å². The SMILES string of the molecule is Cc1ccc(C(=O)NNC(=O)[C@H]2CCCC[C@H]2C(=O)O)cc1. The minimum atomic E-state index is -0.954. The summed E-state index contributed by atoms with van der Waals surface area (Å²) in [5, 5.41) is 9.17. The van der Waals surface area contributed by atoms with Crippen molar-refractivity contribution >= 4 is 17.8 Å². The number of benzene rings is 1. The number of hydrogen-bond acceptors (Lipinski definition) is 3. The van der Waals surface area contributed by atoms with Gasteiger partial charge in [0.05, 0.1) is 11.8 Å². The molecule has 0 aromatic heterocycles. The van der Waals surface area contributed by atoms with Crippen LogP contribution in [-0.4, -0.2) is 22.9 Å². The van der Waals surface area contributed by atoms with Crippen molar-refractivity contribution in [3.05, 3.63) is 35.4 Å². The highest BCUT2D eigenvalue weighted by Gasteiger charge is 2.35. The molecule has 6 nitrogen and oxygen atoms in total. The monoisotopic (exact) mass is 304 g/mol. The molecule has 1 saturated carbocycles. The predicted octanol–water partition coefficient (Wildman–Crippen LogP) is 1.65. The molecule has 0 radical (unpaired) electrons. The van der Waals surface area contributed by atoms with Crippen molar-refractivity contribution in [2.45, 2.75) is 32.6 Å². The molecule has 0 aliphatic heterocycles. The van der Waals surface area contributed by atoms with E-state index in [1.165, 1.54) is 0 Å². The Morgan fingerprint density at radius 2 is 1.59 bits per heavy atom. The van der Waals surface area contributed by atoms with E-state index in [0.717, 1.165) is 18.4 Å². The number of carbonyl (C=O) groups is 3. The number of rotatable bonds is 3. The number of aliphatic carboxylic acids is 1. The molecule has 0 bridgehead atoms. The minimum Gasteiger partial charge on any atom is -0.481 e. The van der Waals surface area contributed by atoms with Gasteiger partial charge in [0.1, 0.15) is 0 Å². The largest absolute Gasteiger partial charge is 0.481 e. The van der Waals surface area contributed by atoms with Crippen molar-refractivity contribution in [3.8, 4) is 0 Å². The second-order valence-corrected chi connectivity index (χ2v) is 5.65. The molecule has 118 valence electrons. The molecule has 22 heavy (non-hydrogen) atoms. The molecule has 1 aliphatic carbocycles. The Hall–Kier alpha value is -2.37. The molecule has 1 aromatic carbocycles. The lowest BCUT2D eigenvalue weighted by molar-refractivity contribution is -0.149. The first-order chi connectivity index (χ1) is 10.5. The Morgan fingerprint density at radius 3 is 2.18 bits per heavy atom. The van der Waals surface area contributed by atoms with Gasteiger partial charge in [-0.2, -0.15) is 0 Å². The number of aryl methyl sites for hydroxylation is 1. The van der Waals surface area contributed by atoms with Crippen LogP contribution in [0.3, 0.4) is 0 Å². The Bertz CT molecular complexity index is 568. The Morgan fingerprint density at radius 1 is 1.00 bits per heavy atom. The summed E-state index contributed by atoms with van der Waals surface area (Å²) in [6.45, 7) is 1.92. The van der Waals surface area contributed by atoms with Crippen LogP contribution in [0, 0.1) is 18.8 Å². The molecule has 2 atom stereocenters. The summed E-state index contributed by atoms with van der Waals surface area (Å²) in [7, 11) is 0. The van der Waals surface area contributed by atoms with E-state index < -0.39 is 29.6 Å². The summed E-state index contributed by atoms with van der Waals surface area (Å²) in [5.74, 6) is -3.08. The third-order valence-corrected chi connectivity index (χ3v) is 4.03. The zero-order chi connectivity index (χ0) is 16.1. The Labute approximate surface area is 128 Å². The maximum absolute atomic E-state index is 12.1. The Balaban J connectivity index is 1.92. The number of carboxylic acids is 1. The first-order valence-corrected chi connectivity index (χ1v) is 7.38. The molecule has 1 aliphatic rings. The van der Waals surface area contributed by atoms with Crippen molar-refractivity contribution in [2.24, 2.45) is 11.8 Å². The van der Waals surface area contributed by atoms with Gasteiger partial charge in [-0.05, 0) is 31.9 Å². The molecule has 2 amide bonds. The second-order valence-electron chi connectivity index (χ2n) is 5.65. The molecular weight excluding hydrogens is 284 g/mol. The van der Waals surface area contributed by atoms with Gasteiger partial charge >= 0.3 is 5.97 Å². The van der Waals surface area contributed by atoms with E-state index in [9.17, 15) is 19.5 Å². The molecule has 6 heteroatoms. The van der Waals surface area contributed by atoms with Crippen molar-refractivity contribution in [1.29, 1.82) is 0 Å². The van der Waals surface area contributed by atoms with E-state index in [1.807, 2.05) is 6.92 Å². The quantitative estimate of drug-likeness (QED) is 0.740. The number of hydrogen-bond donors (Lipinski definition) is 3. The molecule has 3 N–H and O–H groups in total. The molecule has 0 spiro atoms. The number of carboxylic acid groups (broad SMARTS) is 1. The fraction of sp³-hybridized carbons (Fsp3) is 0.438. The smallest absolute Gasteiger partial charge is 0.307 e. The minimum absolute atomic E-state index is 0.420. The topological polar surface area (TPSA) is 95.5 Å². The summed E-state index contributed by atoms with van der Waals surface area (Å²) >= 11 is 0. The van der Waals surface area contributed by atoms with E-state index in [2.05, 4.69) is 10.9 Å². The number of nitrogens with one attached hydrogen (secondary N) is 2. The van der Waals surface area contributed by atoms with Crippen LogP contribution in [-0.2, 0) is 9.59 Å². The third-order valence-electron chi connectivity index (χ3n) is 4.03. The fourth-order valence-electron chi connectivity index (χ4n) is 2.73. The van der Waals surface area contributed by atoms with Gasteiger partial charge in [-0.3, -0.25) is 25.2 Å². The van der Waals surface area contributed by atoms with Gasteiger partial charge in [-0.1, -0.05) is 30.5 Å². The maximum Gasteiger partial charge on any atom is 0.307 e. The summed E-state index contributed by atoms with van der Waals surface area (Å²) in [6, 6.07) is 6.94. The highest BCUT2D eigenvalue weighted by Crippen LogP contribution is 2.30. The van der Waals surface area contributed by atoms with Crippen LogP contribution in [0.1, 0.15) is 41.6 Å². The van der Waals surface area contributed by atoms with Crippen LogP contribution in [0.25, 0.3) is 0 Å². The van der Waals surface area contributed by atoms with Crippen LogP contribution in [0.2, 0.25) is 0 Å². The van der Waals surface area contributed by atoms with E-state index >= 15 is 0 Å². The molecule has 0 saturated heterocycles. The molecule has 0 heterocycles.